The Morgan fingerprint density at radius 1 is 1.27 bits per heavy atom. The zero-order chi connectivity index (χ0) is 19.2. The fourth-order valence-corrected chi connectivity index (χ4v) is 4.28. The van der Waals surface area contributed by atoms with Crippen LogP contribution in [0, 0.1) is 12.8 Å². The van der Waals surface area contributed by atoms with Crippen molar-refractivity contribution in [3.63, 3.8) is 0 Å². The molecule has 0 aromatic carbocycles. The smallest absolute Gasteiger partial charge is 0.332 e. The first-order valence-corrected chi connectivity index (χ1v) is 9.42. The lowest BCUT2D eigenvalue weighted by Crippen LogP contribution is -2.39. The summed E-state index contributed by atoms with van der Waals surface area (Å²) in [6, 6.07) is 0. The number of ether oxygens (including phenoxy) is 1. The Hall–Kier alpha value is -2.16. The van der Waals surface area contributed by atoms with Gasteiger partial charge in [0.2, 0.25) is 0 Å². The number of cyclic esters (lactones) is 1. The van der Waals surface area contributed by atoms with Crippen LogP contribution in [0.25, 0.3) is 11.0 Å². The molecule has 8 nitrogen and oxygen atoms in total. The number of thioether (sulfide) groups is 1. The van der Waals surface area contributed by atoms with Crippen molar-refractivity contribution in [2.45, 2.75) is 57.0 Å². The predicted octanol–water partition coefficient (Wildman–Crippen LogP) is 1.25. The summed E-state index contributed by atoms with van der Waals surface area (Å²) in [5.41, 5.74) is -0.535. The van der Waals surface area contributed by atoms with Gasteiger partial charge in [-0.3, -0.25) is 18.7 Å². The van der Waals surface area contributed by atoms with Crippen molar-refractivity contribution in [1.82, 2.24) is 19.1 Å². The topological polar surface area (TPSA) is 96.1 Å². The van der Waals surface area contributed by atoms with E-state index in [1.54, 1.807) is 6.92 Å². The maximum atomic E-state index is 12.8. The number of carbonyl (C=O) groups is 1. The Morgan fingerprint density at radius 2 is 1.96 bits per heavy atom. The second-order valence-corrected chi connectivity index (χ2v) is 8.21. The number of carbonyl (C=O) groups excluding carboxylic acids is 1. The van der Waals surface area contributed by atoms with Gasteiger partial charge < -0.3 is 4.74 Å². The average molecular weight is 378 g/mol. The van der Waals surface area contributed by atoms with Crippen molar-refractivity contribution < 1.29 is 9.53 Å². The number of aromatic nitrogens is 4. The highest BCUT2D eigenvalue weighted by Gasteiger charge is 2.34. The molecule has 0 amide bonds. The SMILES string of the molecule is Cc1nc(S[C@@H]2C[C@@H](C)OC2=O)c2c(=O)n(C)c(=O)n(CC(C)C)c2n1. The molecule has 9 heteroatoms. The van der Waals surface area contributed by atoms with E-state index in [2.05, 4.69) is 9.97 Å². The Morgan fingerprint density at radius 3 is 2.54 bits per heavy atom. The van der Waals surface area contributed by atoms with Crippen molar-refractivity contribution in [1.29, 1.82) is 0 Å². The molecule has 0 unspecified atom stereocenters. The molecule has 2 aromatic heterocycles. The van der Waals surface area contributed by atoms with Crippen molar-refractivity contribution in [3.8, 4) is 0 Å². The minimum Gasteiger partial charge on any atom is -0.462 e. The van der Waals surface area contributed by atoms with Gasteiger partial charge in [-0.1, -0.05) is 25.6 Å². The molecular weight excluding hydrogens is 356 g/mol. The Kier molecular flexibility index (Phi) is 4.92. The van der Waals surface area contributed by atoms with Crippen LogP contribution < -0.4 is 11.2 Å². The third-order valence-electron chi connectivity index (χ3n) is 4.19. The molecule has 3 heterocycles. The first kappa shape index (κ1) is 18.6. The Bertz CT molecular complexity index is 995. The normalized spacial score (nSPS) is 20.2. The second-order valence-electron chi connectivity index (χ2n) is 7.02. The van der Waals surface area contributed by atoms with E-state index in [0.29, 0.717) is 29.5 Å². The minimum absolute atomic E-state index is 0.156. The van der Waals surface area contributed by atoms with E-state index in [-0.39, 0.29) is 23.4 Å². The van der Waals surface area contributed by atoms with Crippen LogP contribution in [0.15, 0.2) is 14.6 Å². The number of nitrogens with zero attached hydrogens (tertiary/aromatic N) is 4. The molecule has 0 bridgehead atoms. The Labute approximate surface area is 154 Å². The maximum Gasteiger partial charge on any atom is 0.332 e. The summed E-state index contributed by atoms with van der Waals surface area (Å²) in [4.78, 5) is 46.1. The van der Waals surface area contributed by atoms with Crippen LogP contribution in [0.5, 0.6) is 0 Å². The number of fused-ring (bicyclic) bond motifs is 1. The molecular formula is C17H22N4O4S. The quantitative estimate of drug-likeness (QED) is 0.583. The van der Waals surface area contributed by atoms with Gasteiger partial charge >= 0.3 is 11.7 Å². The van der Waals surface area contributed by atoms with Gasteiger partial charge in [0.25, 0.3) is 5.56 Å². The number of hydrogen-bond acceptors (Lipinski definition) is 7. The fourth-order valence-electron chi connectivity index (χ4n) is 3.01. The molecule has 2 atom stereocenters. The minimum atomic E-state index is -0.452. The fraction of sp³-hybridized carbons (Fsp3) is 0.588. The van der Waals surface area contributed by atoms with Crippen LogP contribution in [0.4, 0.5) is 0 Å². The van der Waals surface area contributed by atoms with E-state index in [1.807, 2.05) is 20.8 Å². The number of rotatable bonds is 4. The van der Waals surface area contributed by atoms with Crippen molar-refractivity contribution in [3.05, 3.63) is 26.7 Å². The van der Waals surface area contributed by atoms with E-state index in [9.17, 15) is 14.4 Å². The molecule has 1 aliphatic heterocycles. The third kappa shape index (κ3) is 3.27. The van der Waals surface area contributed by atoms with E-state index in [0.717, 1.165) is 4.57 Å². The molecule has 3 rings (SSSR count). The van der Waals surface area contributed by atoms with Crippen LogP contribution >= 0.6 is 11.8 Å². The summed E-state index contributed by atoms with van der Waals surface area (Å²) < 4.78 is 7.78. The number of esters is 1. The molecule has 0 saturated carbocycles. The highest BCUT2D eigenvalue weighted by Crippen LogP contribution is 2.33. The van der Waals surface area contributed by atoms with Gasteiger partial charge in [0.05, 0.1) is 0 Å². The average Bonchev–Trinajstić information content (AvgIpc) is 2.86. The summed E-state index contributed by atoms with van der Waals surface area (Å²) in [5, 5.41) is 0.273. The lowest BCUT2D eigenvalue weighted by Gasteiger charge is -2.15. The van der Waals surface area contributed by atoms with Gasteiger partial charge in [-0.25, -0.2) is 14.8 Å². The van der Waals surface area contributed by atoms with Gasteiger partial charge in [0.1, 0.15) is 27.6 Å². The van der Waals surface area contributed by atoms with Gasteiger partial charge in [0.15, 0.2) is 5.65 Å². The van der Waals surface area contributed by atoms with Gasteiger partial charge in [-0.05, 0) is 19.8 Å². The van der Waals surface area contributed by atoms with Crippen molar-refractivity contribution in [2.24, 2.45) is 13.0 Å². The number of aryl methyl sites for hydroxylation is 1. The molecule has 1 aliphatic rings. The van der Waals surface area contributed by atoms with Crippen LogP contribution in [0.2, 0.25) is 0 Å². The monoisotopic (exact) mass is 378 g/mol. The molecule has 0 spiro atoms. The molecule has 1 saturated heterocycles. The van der Waals surface area contributed by atoms with Crippen LogP contribution in [0.3, 0.4) is 0 Å². The van der Waals surface area contributed by atoms with Gasteiger partial charge in [0, 0.05) is 20.0 Å². The molecule has 0 N–H and O–H groups in total. The molecule has 0 radical (unpaired) electrons. The van der Waals surface area contributed by atoms with Crippen molar-refractivity contribution in [2.75, 3.05) is 0 Å². The highest BCUT2D eigenvalue weighted by molar-refractivity contribution is 8.00. The molecule has 0 aliphatic carbocycles. The predicted molar refractivity (Wildman–Crippen MR) is 98.4 cm³/mol. The summed E-state index contributed by atoms with van der Waals surface area (Å²) >= 11 is 1.21. The first-order chi connectivity index (χ1) is 12.2. The van der Waals surface area contributed by atoms with E-state index < -0.39 is 16.5 Å². The highest BCUT2D eigenvalue weighted by atomic mass is 32.2. The Balaban J connectivity index is 2.24. The lowest BCUT2D eigenvalue weighted by molar-refractivity contribution is -0.140. The molecule has 1 fully saturated rings. The van der Waals surface area contributed by atoms with Crippen LogP contribution in [0.1, 0.15) is 33.0 Å². The number of hydrogen-bond donors (Lipinski definition) is 0. The van der Waals surface area contributed by atoms with Gasteiger partial charge in [-0.15, -0.1) is 0 Å². The maximum absolute atomic E-state index is 12.8. The van der Waals surface area contributed by atoms with E-state index >= 15 is 0 Å². The van der Waals surface area contributed by atoms with E-state index in [4.69, 9.17) is 4.74 Å². The summed E-state index contributed by atoms with van der Waals surface area (Å²) in [5.74, 6) is 0.342. The molecule has 2 aromatic rings. The summed E-state index contributed by atoms with van der Waals surface area (Å²) in [7, 11) is 1.45. The zero-order valence-electron chi connectivity index (χ0n) is 15.5. The second kappa shape index (κ2) is 6.86. The summed E-state index contributed by atoms with van der Waals surface area (Å²) in [6.07, 6.45) is 0.399. The van der Waals surface area contributed by atoms with E-state index in [1.165, 1.54) is 23.4 Å². The first-order valence-electron chi connectivity index (χ1n) is 8.54. The zero-order valence-corrected chi connectivity index (χ0v) is 16.3. The van der Waals surface area contributed by atoms with Crippen LogP contribution in [-0.4, -0.2) is 36.4 Å². The third-order valence-corrected chi connectivity index (χ3v) is 5.38. The molecule has 140 valence electrons. The molecule has 26 heavy (non-hydrogen) atoms. The standard InChI is InChI=1S/C17H22N4O4S/c1-8(2)7-21-13-12(15(22)20(5)17(21)24)14(19-10(4)18-13)26-11-6-9(3)25-16(11)23/h8-9,11H,6-7H2,1-5H3/t9-,11-/m1/s1. The van der Waals surface area contributed by atoms with Crippen LogP contribution in [-0.2, 0) is 23.1 Å². The van der Waals surface area contributed by atoms with Gasteiger partial charge in [-0.2, -0.15) is 0 Å². The summed E-state index contributed by atoms with van der Waals surface area (Å²) in [6.45, 7) is 7.96. The lowest BCUT2D eigenvalue weighted by atomic mass is 10.2. The van der Waals surface area contributed by atoms with Crippen molar-refractivity contribution >= 4 is 28.8 Å². The largest absolute Gasteiger partial charge is 0.462 e.